The maximum absolute atomic E-state index is 10.2. The van der Waals surface area contributed by atoms with Crippen LogP contribution in [0, 0.1) is 46.3 Å². The van der Waals surface area contributed by atoms with Gasteiger partial charge in [-0.2, -0.15) is 0 Å². The summed E-state index contributed by atoms with van der Waals surface area (Å²) in [5.41, 5.74) is 6.91. The molecule has 0 aromatic carbocycles. The van der Waals surface area contributed by atoms with Crippen LogP contribution in [0.25, 0.3) is 0 Å². The Morgan fingerprint density at radius 1 is 0.962 bits per heavy atom. The third-order valence-corrected chi connectivity index (χ3v) is 10.3. The zero-order chi connectivity index (χ0) is 18.5. The molecule has 0 aromatic rings. The van der Waals surface area contributed by atoms with Gasteiger partial charge in [0.2, 0.25) is 0 Å². The minimum atomic E-state index is -0.0160. The van der Waals surface area contributed by atoms with Gasteiger partial charge in [0, 0.05) is 0 Å². The molecule has 0 radical (unpaired) electrons. The molecular weight excluding hydrogens is 318 g/mol. The minimum Gasteiger partial charge on any atom is -0.393 e. The van der Waals surface area contributed by atoms with Crippen LogP contribution in [0.4, 0.5) is 0 Å². The van der Waals surface area contributed by atoms with Gasteiger partial charge in [0.05, 0.1) is 6.10 Å². The Morgan fingerprint density at radius 3 is 2.46 bits per heavy atom. The van der Waals surface area contributed by atoms with Crippen molar-refractivity contribution in [3.05, 3.63) is 0 Å². The van der Waals surface area contributed by atoms with E-state index in [1.807, 2.05) is 0 Å². The van der Waals surface area contributed by atoms with Crippen LogP contribution < -0.4 is 5.73 Å². The highest BCUT2D eigenvalue weighted by Crippen LogP contribution is 2.68. The normalized spacial score (nSPS) is 52.0. The average molecular weight is 362 g/mol. The number of nitrogens with two attached hydrogens (primary N) is 1. The molecule has 4 rings (SSSR count). The van der Waals surface area contributed by atoms with E-state index in [0.717, 1.165) is 54.9 Å². The van der Waals surface area contributed by atoms with Gasteiger partial charge in [-0.25, -0.2) is 0 Å². The first-order chi connectivity index (χ1) is 12.4. The van der Waals surface area contributed by atoms with Crippen molar-refractivity contribution < 1.29 is 5.11 Å². The van der Waals surface area contributed by atoms with Gasteiger partial charge < -0.3 is 10.8 Å². The van der Waals surface area contributed by atoms with Crippen molar-refractivity contribution in [1.29, 1.82) is 0 Å². The molecule has 0 spiro atoms. The first kappa shape index (κ1) is 19.2. The Kier molecular flexibility index (Phi) is 5.23. The van der Waals surface area contributed by atoms with Crippen LogP contribution >= 0.6 is 0 Å². The molecule has 26 heavy (non-hydrogen) atoms. The van der Waals surface area contributed by atoms with Gasteiger partial charge in [0.25, 0.3) is 0 Å². The summed E-state index contributed by atoms with van der Waals surface area (Å²) in [6.07, 6.45) is 14.6. The van der Waals surface area contributed by atoms with Crippen LogP contribution in [0.2, 0.25) is 0 Å². The number of rotatable bonds is 4. The van der Waals surface area contributed by atoms with Crippen LogP contribution in [-0.4, -0.2) is 17.8 Å². The fraction of sp³-hybridized carbons (Fsp3) is 1.00. The van der Waals surface area contributed by atoms with E-state index in [-0.39, 0.29) is 6.10 Å². The monoisotopic (exact) mass is 361 g/mol. The molecule has 4 aliphatic carbocycles. The maximum atomic E-state index is 10.2. The van der Waals surface area contributed by atoms with Gasteiger partial charge in [0.15, 0.2) is 0 Å². The van der Waals surface area contributed by atoms with Crippen molar-refractivity contribution in [2.45, 2.75) is 97.5 Å². The SMILES string of the molecule is CC(CCCN)[C@H]1CC[C@H]2[C@@H]3CC[C@H]4C[C@@H](O)CC[C@]4(C)[C@H]3CC[C@]12C. The molecule has 0 amide bonds. The lowest BCUT2D eigenvalue weighted by Crippen LogP contribution is -2.54. The Hall–Kier alpha value is -0.0800. The van der Waals surface area contributed by atoms with Gasteiger partial charge in [0.1, 0.15) is 0 Å². The van der Waals surface area contributed by atoms with Crippen molar-refractivity contribution in [2.75, 3.05) is 6.54 Å². The second-order valence-electron chi connectivity index (χ2n) is 11.2. The van der Waals surface area contributed by atoms with Crippen LogP contribution in [0.5, 0.6) is 0 Å². The second kappa shape index (κ2) is 7.07. The third kappa shape index (κ3) is 2.89. The lowest BCUT2D eigenvalue weighted by molar-refractivity contribution is -0.129. The number of aliphatic hydroxyl groups excluding tert-OH is 1. The summed E-state index contributed by atoms with van der Waals surface area (Å²) >= 11 is 0. The van der Waals surface area contributed by atoms with Crippen molar-refractivity contribution in [1.82, 2.24) is 0 Å². The maximum Gasteiger partial charge on any atom is 0.0543 e. The lowest BCUT2D eigenvalue weighted by atomic mass is 9.44. The summed E-state index contributed by atoms with van der Waals surface area (Å²) in [6, 6.07) is 0. The third-order valence-electron chi connectivity index (χ3n) is 10.3. The first-order valence-corrected chi connectivity index (χ1v) is 11.8. The Balaban J connectivity index is 1.52. The van der Waals surface area contributed by atoms with E-state index >= 15 is 0 Å². The van der Waals surface area contributed by atoms with Crippen molar-refractivity contribution in [3.8, 4) is 0 Å². The van der Waals surface area contributed by atoms with Crippen LogP contribution in [-0.2, 0) is 0 Å². The van der Waals surface area contributed by atoms with Crippen molar-refractivity contribution in [2.24, 2.45) is 52.1 Å². The lowest BCUT2D eigenvalue weighted by Gasteiger charge is -2.61. The molecule has 0 saturated heterocycles. The molecule has 0 aliphatic heterocycles. The summed E-state index contributed by atoms with van der Waals surface area (Å²) in [4.78, 5) is 0. The van der Waals surface area contributed by atoms with Crippen molar-refractivity contribution >= 4 is 0 Å². The first-order valence-electron chi connectivity index (χ1n) is 11.8. The van der Waals surface area contributed by atoms with Crippen LogP contribution in [0.15, 0.2) is 0 Å². The highest BCUT2D eigenvalue weighted by molar-refractivity contribution is 5.09. The highest BCUT2D eigenvalue weighted by Gasteiger charge is 2.60. The van der Waals surface area contributed by atoms with E-state index in [0.29, 0.717) is 10.8 Å². The van der Waals surface area contributed by atoms with E-state index in [1.54, 1.807) is 0 Å². The molecule has 2 nitrogen and oxygen atoms in total. The molecule has 2 heteroatoms. The summed E-state index contributed by atoms with van der Waals surface area (Å²) in [5, 5.41) is 10.2. The molecular formula is C24H43NO. The Labute approximate surface area is 161 Å². The number of hydrogen-bond donors (Lipinski definition) is 2. The smallest absolute Gasteiger partial charge is 0.0543 e. The molecule has 0 heterocycles. The zero-order valence-electron chi connectivity index (χ0n) is 17.6. The quantitative estimate of drug-likeness (QED) is 0.706. The molecule has 3 N–H and O–H groups in total. The highest BCUT2D eigenvalue weighted by atomic mass is 16.3. The predicted octanol–water partition coefficient (Wildman–Crippen LogP) is 5.38. The molecule has 4 fully saturated rings. The summed E-state index contributed by atoms with van der Waals surface area (Å²) in [5.74, 6) is 5.44. The van der Waals surface area contributed by atoms with Gasteiger partial charge in [-0.3, -0.25) is 0 Å². The molecule has 0 bridgehead atoms. The van der Waals surface area contributed by atoms with Crippen LogP contribution in [0.3, 0.4) is 0 Å². The van der Waals surface area contributed by atoms with E-state index in [9.17, 15) is 5.11 Å². The van der Waals surface area contributed by atoms with Gasteiger partial charge in [-0.1, -0.05) is 20.8 Å². The van der Waals surface area contributed by atoms with Gasteiger partial charge in [-0.05, 0) is 124 Å². The fourth-order valence-corrected chi connectivity index (χ4v) is 8.85. The Morgan fingerprint density at radius 2 is 1.69 bits per heavy atom. The van der Waals surface area contributed by atoms with E-state index < -0.39 is 0 Å². The second-order valence-corrected chi connectivity index (χ2v) is 11.2. The number of fused-ring (bicyclic) bond motifs is 5. The average Bonchev–Trinajstić information content (AvgIpc) is 2.97. The van der Waals surface area contributed by atoms with E-state index in [2.05, 4.69) is 20.8 Å². The van der Waals surface area contributed by atoms with E-state index in [4.69, 9.17) is 5.73 Å². The standard InChI is InChI=1S/C24H43NO/c1-16(5-4-14-25)20-8-9-21-19-7-6-17-15-18(26)10-12-23(17,2)22(19)11-13-24(20,21)3/h16-22,26H,4-15,25H2,1-3H3/t16?,17-,18-,19-,20+,21-,22-,23-,24+/m0/s1. The summed E-state index contributed by atoms with van der Waals surface area (Å²) in [7, 11) is 0. The molecule has 150 valence electrons. The summed E-state index contributed by atoms with van der Waals surface area (Å²) in [6.45, 7) is 8.65. The zero-order valence-corrected chi connectivity index (χ0v) is 17.6. The van der Waals surface area contributed by atoms with Gasteiger partial charge >= 0.3 is 0 Å². The largest absolute Gasteiger partial charge is 0.393 e. The molecule has 9 atom stereocenters. The molecule has 1 unspecified atom stereocenters. The van der Waals surface area contributed by atoms with Gasteiger partial charge in [-0.15, -0.1) is 0 Å². The van der Waals surface area contributed by atoms with Crippen molar-refractivity contribution in [3.63, 3.8) is 0 Å². The topological polar surface area (TPSA) is 46.2 Å². The number of aliphatic hydroxyl groups is 1. The molecule has 4 saturated carbocycles. The number of hydrogen-bond acceptors (Lipinski definition) is 2. The Bertz CT molecular complexity index is 506. The molecule has 0 aromatic heterocycles. The fourth-order valence-electron chi connectivity index (χ4n) is 8.85. The predicted molar refractivity (Wildman–Crippen MR) is 109 cm³/mol. The van der Waals surface area contributed by atoms with Crippen LogP contribution in [0.1, 0.15) is 91.4 Å². The minimum absolute atomic E-state index is 0.0160. The van der Waals surface area contributed by atoms with E-state index in [1.165, 1.54) is 57.8 Å². The summed E-state index contributed by atoms with van der Waals surface area (Å²) < 4.78 is 0. The molecule has 4 aliphatic rings.